The lowest BCUT2D eigenvalue weighted by Crippen LogP contribution is -2.33. The van der Waals surface area contributed by atoms with Gasteiger partial charge in [-0.1, -0.05) is 23.5 Å². The van der Waals surface area contributed by atoms with E-state index in [0.29, 0.717) is 0 Å². The van der Waals surface area contributed by atoms with Crippen LogP contribution in [0.4, 0.5) is 0 Å². The summed E-state index contributed by atoms with van der Waals surface area (Å²) < 4.78 is 11.6. The molecule has 1 atom stereocenters. The first-order valence-corrected chi connectivity index (χ1v) is 7.15. The fourth-order valence-electron chi connectivity index (χ4n) is 2.06. The fraction of sp³-hybridized carbons (Fsp3) is 0.357. The number of benzene rings is 1. The molecule has 1 aromatic carbocycles. The van der Waals surface area contributed by atoms with Gasteiger partial charge in [0.15, 0.2) is 0 Å². The average Bonchev–Trinajstić information content (AvgIpc) is 2.85. The molecule has 2 aromatic rings. The molecule has 0 amide bonds. The van der Waals surface area contributed by atoms with E-state index in [1.807, 2.05) is 25.1 Å². The molecule has 0 spiro atoms. The van der Waals surface area contributed by atoms with Gasteiger partial charge in [-0.25, -0.2) is 4.98 Å². The van der Waals surface area contributed by atoms with Crippen LogP contribution in [-0.4, -0.2) is 24.7 Å². The van der Waals surface area contributed by atoms with Crippen molar-refractivity contribution in [3.8, 4) is 10.8 Å². The second-order valence-electron chi connectivity index (χ2n) is 4.44. The highest BCUT2D eigenvalue weighted by Crippen LogP contribution is 2.29. The number of hydrogen-bond donors (Lipinski definition) is 1. The normalized spacial score (nSPS) is 19.3. The highest BCUT2D eigenvalue weighted by Gasteiger charge is 2.16. The molecule has 0 saturated carbocycles. The van der Waals surface area contributed by atoms with Crippen LogP contribution in [-0.2, 0) is 4.74 Å². The Morgan fingerprint density at radius 2 is 2.42 bits per heavy atom. The highest BCUT2D eigenvalue weighted by molar-refractivity contribution is 7.13. The van der Waals surface area contributed by atoms with Crippen LogP contribution in [0.15, 0.2) is 30.5 Å². The Hall–Kier alpha value is -1.43. The van der Waals surface area contributed by atoms with Gasteiger partial charge in [-0.3, -0.25) is 0 Å². The maximum atomic E-state index is 5.81. The van der Waals surface area contributed by atoms with Crippen molar-refractivity contribution < 1.29 is 9.47 Å². The summed E-state index contributed by atoms with van der Waals surface area (Å²) in [7, 11) is 0. The Bertz CT molecular complexity index is 550. The van der Waals surface area contributed by atoms with E-state index in [4.69, 9.17) is 9.47 Å². The van der Waals surface area contributed by atoms with Gasteiger partial charge in [0.25, 0.3) is 0 Å². The van der Waals surface area contributed by atoms with Crippen molar-refractivity contribution in [3.63, 3.8) is 0 Å². The van der Waals surface area contributed by atoms with Gasteiger partial charge in [-0.05, 0) is 24.6 Å². The SMILES string of the molecule is Cc1ncc(Oc2cccc([C@@H]3CNCCO3)c2)s1. The van der Waals surface area contributed by atoms with E-state index in [9.17, 15) is 0 Å². The van der Waals surface area contributed by atoms with Crippen LogP contribution in [0.5, 0.6) is 10.8 Å². The lowest BCUT2D eigenvalue weighted by molar-refractivity contribution is 0.0276. The van der Waals surface area contributed by atoms with Gasteiger partial charge in [0.05, 0.1) is 23.9 Å². The number of ether oxygens (including phenoxy) is 2. The molecule has 19 heavy (non-hydrogen) atoms. The molecule has 100 valence electrons. The second-order valence-corrected chi connectivity index (χ2v) is 5.63. The molecule has 1 saturated heterocycles. The van der Waals surface area contributed by atoms with Gasteiger partial charge >= 0.3 is 0 Å². The zero-order valence-corrected chi connectivity index (χ0v) is 11.6. The number of thiazole rings is 1. The molecule has 0 unspecified atom stereocenters. The third-order valence-corrected chi connectivity index (χ3v) is 3.77. The minimum Gasteiger partial charge on any atom is -0.445 e. The number of hydrogen-bond acceptors (Lipinski definition) is 5. The summed E-state index contributed by atoms with van der Waals surface area (Å²) in [5.74, 6) is 0.829. The summed E-state index contributed by atoms with van der Waals surface area (Å²) >= 11 is 1.55. The van der Waals surface area contributed by atoms with E-state index in [1.165, 1.54) is 0 Å². The molecule has 1 aliphatic heterocycles. The molecule has 2 heterocycles. The third kappa shape index (κ3) is 3.12. The smallest absolute Gasteiger partial charge is 0.200 e. The van der Waals surface area contributed by atoms with Crippen molar-refractivity contribution in [2.45, 2.75) is 13.0 Å². The van der Waals surface area contributed by atoms with Crippen molar-refractivity contribution in [2.24, 2.45) is 0 Å². The maximum Gasteiger partial charge on any atom is 0.200 e. The average molecular weight is 276 g/mol. The quantitative estimate of drug-likeness (QED) is 0.936. The predicted octanol–water partition coefficient (Wildman–Crippen LogP) is 2.90. The van der Waals surface area contributed by atoms with Gasteiger partial charge in [0, 0.05) is 13.1 Å². The van der Waals surface area contributed by atoms with Gasteiger partial charge < -0.3 is 14.8 Å². The molecule has 1 fully saturated rings. The largest absolute Gasteiger partial charge is 0.445 e. The lowest BCUT2D eigenvalue weighted by atomic mass is 10.1. The van der Waals surface area contributed by atoms with Gasteiger partial charge in [0.2, 0.25) is 5.06 Å². The Morgan fingerprint density at radius 3 is 3.16 bits per heavy atom. The van der Waals surface area contributed by atoms with E-state index in [1.54, 1.807) is 17.5 Å². The number of rotatable bonds is 3. The van der Waals surface area contributed by atoms with Crippen LogP contribution in [0, 0.1) is 6.92 Å². The van der Waals surface area contributed by atoms with E-state index < -0.39 is 0 Å². The minimum atomic E-state index is 0.112. The molecular formula is C14H16N2O2S. The van der Waals surface area contributed by atoms with Crippen LogP contribution in [0.3, 0.4) is 0 Å². The molecule has 1 N–H and O–H groups in total. The first-order valence-electron chi connectivity index (χ1n) is 6.34. The van der Waals surface area contributed by atoms with Crippen molar-refractivity contribution >= 4 is 11.3 Å². The summed E-state index contributed by atoms with van der Waals surface area (Å²) in [6, 6.07) is 8.06. The highest BCUT2D eigenvalue weighted by atomic mass is 32.1. The second kappa shape index (κ2) is 5.69. The van der Waals surface area contributed by atoms with Gasteiger partial charge in [-0.15, -0.1) is 0 Å². The molecule has 0 aliphatic carbocycles. The topological polar surface area (TPSA) is 43.4 Å². The zero-order valence-electron chi connectivity index (χ0n) is 10.8. The molecule has 5 heteroatoms. The number of aryl methyl sites for hydroxylation is 1. The summed E-state index contributed by atoms with van der Waals surface area (Å²) in [4.78, 5) is 4.18. The molecule has 0 radical (unpaired) electrons. The Labute approximate surface area is 116 Å². The minimum absolute atomic E-state index is 0.112. The van der Waals surface area contributed by atoms with E-state index in [0.717, 1.165) is 41.1 Å². The summed E-state index contributed by atoms with van der Waals surface area (Å²) in [5, 5.41) is 5.15. The monoisotopic (exact) mass is 276 g/mol. The molecule has 1 aliphatic rings. The van der Waals surface area contributed by atoms with Crippen molar-refractivity contribution in [1.29, 1.82) is 0 Å². The Kier molecular flexibility index (Phi) is 3.77. The van der Waals surface area contributed by atoms with Crippen molar-refractivity contribution in [2.75, 3.05) is 19.7 Å². The number of nitrogens with one attached hydrogen (secondary N) is 1. The molecule has 4 nitrogen and oxygen atoms in total. The zero-order chi connectivity index (χ0) is 13.1. The predicted molar refractivity (Wildman–Crippen MR) is 74.9 cm³/mol. The lowest BCUT2D eigenvalue weighted by Gasteiger charge is -2.24. The molecule has 3 rings (SSSR count). The summed E-state index contributed by atoms with van der Waals surface area (Å²) in [6.07, 6.45) is 1.87. The van der Waals surface area contributed by atoms with E-state index in [-0.39, 0.29) is 6.10 Å². The van der Waals surface area contributed by atoms with E-state index >= 15 is 0 Å². The van der Waals surface area contributed by atoms with E-state index in [2.05, 4.69) is 16.4 Å². The first-order chi connectivity index (χ1) is 9.31. The maximum absolute atomic E-state index is 5.81. The Morgan fingerprint density at radius 1 is 1.47 bits per heavy atom. The molecular weight excluding hydrogens is 260 g/mol. The molecule has 1 aromatic heterocycles. The number of morpholine rings is 1. The number of aromatic nitrogens is 1. The van der Waals surface area contributed by atoms with Crippen LogP contribution >= 0.6 is 11.3 Å². The van der Waals surface area contributed by atoms with Gasteiger partial charge in [0.1, 0.15) is 5.75 Å². The van der Waals surface area contributed by atoms with Crippen LogP contribution in [0.2, 0.25) is 0 Å². The van der Waals surface area contributed by atoms with Crippen molar-refractivity contribution in [1.82, 2.24) is 10.3 Å². The van der Waals surface area contributed by atoms with Crippen molar-refractivity contribution in [3.05, 3.63) is 41.0 Å². The van der Waals surface area contributed by atoms with Crippen LogP contribution in [0.25, 0.3) is 0 Å². The summed E-state index contributed by atoms with van der Waals surface area (Å²) in [5.41, 5.74) is 1.14. The number of nitrogens with zero attached hydrogens (tertiary/aromatic N) is 1. The summed E-state index contributed by atoms with van der Waals surface area (Å²) in [6.45, 7) is 4.50. The standard InChI is InChI=1S/C14H16N2O2S/c1-10-16-9-14(19-10)18-12-4-2-3-11(7-12)13-8-15-5-6-17-13/h2-4,7,9,13,15H,5-6,8H2,1H3/t13-/m0/s1. The molecule has 0 bridgehead atoms. The van der Waals surface area contributed by atoms with Crippen LogP contribution in [0.1, 0.15) is 16.7 Å². The van der Waals surface area contributed by atoms with Crippen LogP contribution < -0.4 is 10.1 Å². The fourth-order valence-corrected chi connectivity index (χ4v) is 2.70. The third-order valence-electron chi connectivity index (χ3n) is 2.98. The Balaban J connectivity index is 1.75. The van der Waals surface area contributed by atoms with Gasteiger partial charge in [-0.2, -0.15) is 0 Å². The first kappa shape index (κ1) is 12.6.